The van der Waals surface area contributed by atoms with E-state index < -0.39 is 8.56 Å². The van der Waals surface area contributed by atoms with Crippen molar-refractivity contribution in [1.29, 1.82) is 0 Å². The highest BCUT2D eigenvalue weighted by molar-refractivity contribution is 6.69. The van der Waals surface area contributed by atoms with Crippen LogP contribution in [0.3, 0.4) is 0 Å². The molecule has 19 heavy (non-hydrogen) atoms. The molecule has 4 atom stereocenters. The Morgan fingerprint density at radius 2 is 1.74 bits per heavy atom. The van der Waals surface area contributed by atoms with Crippen LogP contribution in [0.1, 0.15) is 59.8 Å². The van der Waals surface area contributed by atoms with Gasteiger partial charge < -0.3 is 8.85 Å². The monoisotopic (exact) mass is 284 g/mol. The first-order valence-corrected chi connectivity index (χ1v) is 10.5. The van der Waals surface area contributed by atoms with Gasteiger partial charge in [0.15, 0.2) is 0 Å². The second-order valence-electron chi connectivity index (χ2n) is 6.68. The first-order valence-electron chi connectivity index (χ1n) is 8.43. The number of hydrogen-bond acceptors (Lipinski definition) is 2. The maximum absolute atomic E-state index is 6.40. The predicted molar refractivity (Wildman–Crippen MR) is 82.5 cm³/mol. The molecule has 3 heteroatoms. The van der Waals surface area contributed by atoms with Crippen molar-refractivity contribution in [3.05, 3.63) is 0 Å². The van der Waals surface area contributed by atoms with E-state index in [2.05, 4.69) is 27.7 Å². The van der Waals surface area contributed by atoms with Gasteiger partial charge in [0.05, 0.1) is 0 Å². The number of hydrogen-bond donors (Lipinski definition) is 0. The van der Waals surface area contributed by atoms with Gasteiger partial charge in [-0.3, -0.25) is 0 Å². The van der Waals surface area contributed by atoms with Gasteiger partial charge in [-0.2, -0.15) is 0 Å². The minimum Gasteiger partial charge on any atom is -0.394 e. The number of rotatable bonds is 8. The first-order chi connectivity index (χ1) is 9.15. The molecule has 2 saturated carbocycles. The van der Waals surface area contributed by atoms with Crippen molar-refractivity contribution in [3.8, 4) is 0 Å². The van der Waals surface area contributed by atoms with Gasteiger partial charge in [0.2, 0.25) is 0 Å². The molecule has 2 aliphatic carbocycles. The third-order valence-electron chi connectivity index (χ3n) is 5.41. The van der Waals surface area contributed by atoms with Crippen LogP contribution in [0.5, 0.6) is 0 Å². The average molecular weight is 285 g/mol. The van der Waals surface area contributed by atoms with Gasteiger partial charge in [-0.25, -0.2) is 0 Å². The van der Waals surface area contributed by atoms with E-state index >= 15 is 0 Å². The molecule has 2 aliphatic rings. The van der Waals surface area contributed by atoms with E-state index in [-0.39, 0.29) is 0 Å². The molecule has 0 aromatic heterocycles. The largest absolute Gasteiger partial charge is 0.394 e. The SMILES string of the molecule is CCO[Si](CC(C)CC)(OCC)C1CC2CCC1C2. The van der Waals surface area contributed by atoms with E-state index in [1.807, 2.05) is 0 Å². The van der Waals surface area contributed by atoms with E-state index in [4.69, 9.17) is 8.85 Å². The Kier molecular flexibility index (Phi) is 5.50. The Bertz CT molecular complexity index is 276. The van der Waals surface area contributed by atoms with Crippen LogP contribution >= 0.6 is 0 Å². The summed E-state index contributed by atoms with van der Waals surface area (Å²) in [5.41, 5.74) is 0.778. The molecule has 2 bridgehead atoms. The van der Waals surface area contributed by atoms with Crippen molar-refractivity contribution in [1.82, 2.24) is 0 Å². The van der Waals surface area contributed by atoms with Gasteiger partial charge in [-0.1, -0.05) is 33.1 Å². The third kappa shape index (κ3) is 3.25. The number of fused-ring (bicyclic) bond motifs is 2. The van der Waals surface area contributed by atoms with Crippen molar-refractivity contribution in [2.24, 2.45) is 17.8 Å². The van der Waals surface area contributed by atoms with Crippen LogP contribution in [0.25, 0.3) is 0 Å². The zero-order valence-corrected chi connectivity index (χ0v) is 14.3. The highest BCUT2D eigenvalue weighted by Gasteiger charge is 2.55. The van der Waals surface area contributed by atoms with E-state index in [9.17, 15) is 0 Å². The molecule has 0 aromatic rings. The molecule has 0 radical (unpaired) electrons. The van der Waals surface area contributed by atoms with Crippen molar-refractivity contribution >= 4 is 8.56 Å². The highest BCUT2D eigenvalue weighted by atomic mass is 28.4. The van der Waals surface area contributed by atoms with Crippen molar-refractivity contribution in [2.75, 3.05) is 13.2 Å². The van der Waals surface area contributed by atoms with Gasteiger partial charge in [0.1, 0.15) is 0 Å². The normalized spacial score (nSPS) is 31.9. The molecule has 4 unspecified atom stereocenters. The lowest BCUT2D eigenvalue weighted by molar-refractivity contribution is 0.156. The lowest BCUT2D eigenvalue weighted by atomic mass is 10.0. The van der Waals surface area contributed by atoms with Gasteiger partial charge in [0.25, 0.3) is 0 Å². The molecule has 2 rings (SSSR count). The molecular formula is C16H32O2Si. The molecule has 0 N–H and O–H groups in total. The highest BCUT2D eigenvalue weighted by Crippen LogP contribution is 2.57. The van der Waals surface area contributed by atoms with Gasteiger partial charge in [-0.05, 0) is 50.5 Å². The van der Waals surface area contributed by atoms with Crippen LogP contribution in [-0.2, 0) is 8.85 Å². The van der Waals surface area contributed by atoms with E-state index in [0.29, 0.717) is 0 Å². The zero-order chi connectivity index (χ0) is 13.9. The maximum atomic E-state index is 6.40. The van der Waals surface area contributed by atoms with Crippen LogP contribution in [0.15, 0.2) is 0 Å². The average Bonchev–Trinajstić information content (AvgIpc) is 3.01. The van der Waals surface area contributed by atoms with Crippen molar-refractivity contribution in [2.45, 2.75) is 71.4 Å². The zero-order valence-electron chi connectivity index (χ0n) is 13.3. The predicted octanol–water partition coefficient (Wildman–Crippen LogP) is 4.74. The molecule has 0 aromatic carbocycles. The van der Waals surface area contributed by atoms with Crippen LogP contribution in [-0.4, -0.2) is 21.8 Å². The minimum absolute atomic E-state index is 0.740. The Morgan fingerprint density at radius 1 is 1.05 bits per heavy atom. The Labute approximate surface area is 120 Å². The molecule has 112 valence electrons. The summed E-state index contributed by atoms with van der Waals surface area (Å²) in [7, 11) is -2.00. The molecule has 2 fully saturated rings. The minimum atomic E-state index is -2.00. The lowest BCUT2D eigenvalue weighted by Crippen LogP contribution is -2.50. The van der Waals surface area contributed by atoms with Crippen molar-refractivity contribution in [3.63, 3.8) is 0 Å². The van der Waals surface area contributed by atoms with Crippen LogP contribution in [0.4, 0.5) is 0 Å². The van der Waals surface area contributed by atoms with E-state index in [0.717, 1.165) is 36.5 Å². The Balaban J connectivity index is 2.15. The summed E-state index contributed by atoms with van der Waals surface area (Å²) in [6.07, 6.45) is 7.00. The summed E-state index contributed by atoms with van der Waals surface area (Å²) in [5.74, 6) is 2.64. The molecular weight excluding hydrogens is 252 g/mol. The maximum Gasteiger partial charge on any atom is 0.341 e. The summed E-state index contributed by atoms with van der Waals surface area (Å²) in [4.78, 5) is 0. The Morgan fingerprint density at radius 3 is 2.16 bits per heavy atom. The fourth-order valence-electron chi connectivity index (χ4n) is 4.43. The summed E-state index contributed by atoms with van der Waals surface area (Å²) >= 11 is 0. The second-order valence-corrected chi connectivity index (χ2v) is 10.0. The molecule has 0 heterocycles. The van der Waals surface area contributed by atoms with Gasteiger partial charge in [0, 0.05) is 18.8 Å². The van der Waals surface area contributed by atoms with Crippen molar-refractivity contribution < 1.29 is 8.85 Å². The Hall–Kier alpha value is 0.137. The fourth-order valence-corrected chi connectivity index (χ4v) is 9.43. The summed E-state index contributed by atoms with van der Waals surface area (Å²) in [5, 5.41) is 0. The third-order valence-corrected chi connectivity index (χ3v) is 10.1. The van der Waals surface area contributed by atoms with Gasteiger partial charge >= 0.3 is 8.56 Å². The lowest BCUT2D eigenvalue weighted by Gasteiger charge is -2.40. The molecule has 0 spiro atoms. The molecule has 0 aliphatic heterocycles. The van der Waals surface area contributed by atoms with Crippen LogP contribution < -0.4 is 0 Å². The summed E-state index contributed by atoms with van der Waals surface area (Å²) in [6, 6.07) is 1.21. The summed E-state index contributed by atoms with van der Waals surface area (Å²) in [6.45, 7) is 10.6. The van der Waals surface area contributed by atoms with E-state index in [1.54, 1.807) is 0 Å². The standard InChI is InChI=1S/C16H32O2Si/c1-5-13(4)12-19(17-6-2,18-7-3)16-11-14-8-9-15(16)10-14/h13-16H,5-12H2,1-4H3. The molecule has 0 amide bonds. The topological polar surface area (TPSA) is 18.5 Å². The summed E-state index contributed by atoms with van der Waals surface area (Å²) < 4.78 is 12.8. The molecule has 2 nitrogen and oxygen atoms in total. The second kappa shape index (κ2) is 6.73. The quantitative estimate of drug-likeness (QED) is 0.599. The van der Waals surface area contributed by atoms with Gasteiger partial charge in [-0.15, -0.1) is 0 Å². The van der Waals surface area contributed by atoms with Crippen LogP contribution in [0, 0.1) is 17.8 Å². The first kappa shape index (κ1) is 15.5. The smallest absolute Gasteiger partial charge is 0.341 e. The molecule has 0 saturated heterocycles. The van der Waals surface area contributed by atoms with Crippen LogP contribution in [0.2, 0.25) is 11.6 Å². The van der Waals surface area contributed by atoms with E-state index in [1.165, 1.54) is 38.1 Å². The fraction of sp³-hybridized carbons (Fsp3) is 1.00.